The van der Waals surface area contributed by atoms with E-state index in [9.17, 15) is 23.6 Å². The van der Waals surface area contributed by atoms with Crippen molar-refractivity contribution < 1.29 is 18.4 Å². The van der Waals surface area contributed by atoms with E-state index in [0.717, 1.165) is 24.1 Å². The molecule has 0 aromatic carbocycles. The molecule has 1 saturated heterocycles. The molecule has 122 valence electrons. The summed E-state index contributed by atoms with van der Waals surface area (Å²) in [5.74, 6) is -1.40. The fourth-order valence-corrected chi connectivity index (χ4v) is 3.42. The van der Waals surface area contributed by atoms with E-state index in [1.807, 2.05) is 0 Å². The lowest BCUT2D eigenvalue weighted by Crippen LogP contribution is -2.42. The molecule has 1 aromatic rings. The Kier molecular flexibility index (Phi) is 3.90. The fraction of sp³-hybridized carbons (Fsp3) is 0.643. The molecule has 5 nitrogen and oxygen atoms in total. The highest BCUT2D eigenvalue weighted by atomic mass is 19.4. The molecular weight excluding hydrogens is 299 g/mol. The highest BCUT2D eigenvalue weighted by molar-refractivity contribution is 5.75. The van der Waals surface area contributed by atoms with Crippen molar-refractivity contribution in [2.24, 2.45) is 5.92 Å². The predicted octanol–water partition coefficient (Wildman–Crippen LogP) is 3.04. The van der Waals surface area contributed by atoms with Gasteiger partial charge in [0.25, 0.3) is 0 Å². The molecule has 8 heteroatoms. The number of rotatable bonds is 2. The van der Waals surface area contributed by atoms with Crippen LogP contribution in [0.2, 0.25) is 0 Å². The van der Waals surface area contributed by atoms with Crippen molar-refractivity contribution in [3.05, 3.63) is 22.7 Å². The number of halogens is 3. The van der Waals surface area contributed by atoms with Gasteiger partial charge in [-0.2, -0.15) is 13.2 Å². The minimum atomic E-state index is -4.24. The van der Waals surface area contributed by atoms with E-state index in [1.54, 1.807) is 4.90 Å². The molecule has 0 bridgehead atoms. The van der Waals surface area contributed by atoms with Crippen LogP contribution in [-0.2, 0) is 12.8 Å². The van der Waals surface area contributed by atoms with Gasteiger partial charge in [-0.3, -0.25) is 10.2 Å². The van der Waals surface area contributed by atoms with Crippen molar-refractivity contribution in [1.82, 2.24) is 4.98 Å². The highest BCUT2D eigenvalue weighted by Crippen LogP contribution is 2.41. The second-order valence-corrected chi connectivity index (χ2v) is 5.87. The average molecular weight is 316 g/mol. The molecule has 1 fully saturated rings. The van der Waals surface area contributed by atoms with Crippen molar-refractivity contribution in [2.75, 3.05) is 23.2 Å². The summed E-state index contributed by atoms with van der Waals surface area (Å²) in [6.07, 6.45) is -0.196. The normalized spacial score (nSPS) is 21.9. The van der Waals surface area contributed by atoms with Crippen LogP contribution < -0.4 is 10.1 Å². The largest absolute Gasteiger partial charge is 0.733 e. The maximum atomic E-state index is 13.0. The summed E-state index contributed by atoms with van der Waals surface area (Å²) >= 11 is 0. The van der Waals surface area contributed by atoms with Gasteiger partial charge in [-0.15, -0.1) is 0 Å². The number of piperidine rings is 1. The minimum absolute atomic E-state index is 0.0662. The molecule has 1 aliphatic carbocycles. The molecule has 1 aromatic heterocycles. The lowest BCUT2D eigenvalue weighted by molar-refractivity contribution is -0.175. The number of hydrogen-bond acceptors (Lipinski definition) is 5. The summed E-state index contributed by atoms with van der Waals surface area (Å²) in [7, 11) is 0. The average Bonchev–Trinajstić information content (AvgIpc) is 2.93. The third-order valence-electron chi connectivity index (χ3n) is 4.47. The van der Waals surface area contributed by atoms with Gasteiger partial charge in [0.15, 0.2) is 0 Å². The molecule has 0 saturated carbocycles. The Morgan fingerprint density at radius 1 is 1.32 bits per heavy atom. The molecule has 22 heavy (non-hydrogen) atoms. The van der Waals surface area contributed by atoms with Crippen molar-refractivity contribution in [3.63, 3.8) is 0 Å². The third-order valence-corrected chi connectivity index (χ3v) is 4.47. The third kappa shape index (κ3) is 2.72. The van der Waals surface area contributed by atoms with Crippen LogP contribution in [-0.4, -0.2) is 29.5 Å². The molecule has 2 heterocycles. The van der Waals surface area contributed by atoms with Gasteiger partial charge in [0.05, 0.1) is 23.5 Å². The summed E-state index contributed by atoms with van der Waals surface area (Å²) in [5.41, 5.74) is 1.97. The van der Waals surface area contributed by atoms with Crippen LogP contribution in [0.15, 0.2) is 6.20 Å². The number of hydrogen-bond donors (Lipinski definition) is 1. The van der Waals surface area contributed by atoms with Gasteiger partial charge in [-0.05, 0) is 37.7 Å². The Bertz CT molecular complexity index is 563. The van der Waals surface area contributed by atoms with Crippen molar-refractivity contribution in [1.29, 1.82) is 0 Å². The predicted molar refractivity (Wildman–Crippen MR) is 74.9 cm³/mol. The van der Waals surface area contributed by atoms with E-state index < -0.39 is 12.1 Å². The summed E-state index contributed by atoms with van der Waals surface area (Å²) < 4.78 is 39.0. The van der Waals surface area contributed by atoms with Crippen molar-refractivity contribution in [2.45, 2.75) is 38.3 Å². The summed E-state index contributed by atoms with van der Waals surface area (Å²) in [6.45, 7) is 0.269. The van der Waals surface area contributed by atoms with Crippen molar-refractivity contribution >= 4 is 11.4 Å². The first kappa shape index (κ1) is 15.4. The van der Waals surface area contributed by atoms with E-state index in [0.29, 0.717) is 25.1 Å². The van der Waals surface area contributed by atoms with Gasteiger partial charge in [0.2, 0.25) is 0 Å². The van der Waals surface area contributed by atoms with Crippen LogP contribution in [0.3, 0.4) is 0 Å². The summed E-state index contributed by atoms with van der Waals surface area (Å²) in [5, 5.41) is 20.4. The van der Waals surface area contributed by atoms with Gasteiger partial charge in [0.1, 0.15) is 0 Å². The summed E-state index contributed by atoms with van der Waals surface area (Å²) in [4.78, 5) is 5.74. The quantitative estimate of drug-likeness (QED) is 0.850. The van der Waals surface area contributed by atoms with Gasteiger partial charge >= 0.3 is 6.18 Å². The van der Waals surface area contributed by atoms with Crippen LogP contribution in [0.5, 0.6) is 0 Å². The maximum absolute atomic E-state index is 13.0. The zero-order valence-corrected chi connectivity index (χ0v) is 11.9. The molecule has 0 unspecified atom stereocenters. The molecule has 1 aliphatic heterocycles. The Morgan fingerprint density at radius 3 is 2.77 bits per heavy atom. The SMILES string of the molecule is [O-]N(O)c1cnc2c(c1N1CCC[C@@H](C(F)(F)F)C1)CCC2. The topological polar surface area (TPSA) is 62.7 Å². The van der Waals surface area contributed by atoms with Gasteiger partial charge in [-0.25, -0.2) is 0 Å². The van der Waals surface area contributed by atoms with Gasteiger partial charge < -0.3 is 15.3 Å². The van der Waals surface area contributed by atoms with E-state index in [2.05, 4.69) is 4.98 Å². The first-order valence-electron chi connectivity index (χ1n) is 7.36. The van der Waals surface area contributed by atoms with E-state index in [4.69, 9.17) is 0 Å². The van der Waals surface area contributed by atoms with Crippen LogP contribution in [0.25, 0.3) is 0 Å². The zero-order chi connectivity index (χ0) is 15.9. The molecule has 1 N–H and O–H groups in total. The van der Waals surface area contributed by atoms with Crippen LogP contribution >= 0.6 is 0 Å². The van der Waals surface area contributed by atoms with Gasteiger partial charge in [0, 0.05) is 18.8 Å². The van der Waals surface area contributed by atoms with E-state index in [-0.39, 0.29) is 23.9 Å². The zero-order valence-electron chi connectivity index (χ0n) is 11.9. The standard InChI is InChI=1S/C14H17F3N3O2/c15-14(16,17)9-3-2-6-19(8-9)13-10-4-1-5-11(10)18-7-12(13)20(21)22/h7,9,21H,1-6,8H2/q-1/t9-/m1/s1. The lowest BCUT2D eigenvalue weighted by atomic mass is 9.96. The highest BCUT2D eigenvalue weighted by Gasteiger charge is 2.42. The number of aromatic nitrogens is 1. The lowest BCUT2D eigenvalue weighted by Gasteiger charge is -2.39. The van der Waals surface area contributed by atoms with Crippen LogP contribution in [0.1, 0.15) is 30.5 Å². The van der Waals surface area contributed by atoms with Crippen LogP contribution in [0.4, 0.5) is 24.5 Å². The summed E-state index contributed by atoms with van der Waals surface area (Å²) in [6, 6.07) is 0. The Morgan fingerprint density at radius 2 is 2.09 bits per heavy atom. The number of fused-ring (bicyclic) bond motifs is 1. The van der Waals surface area contributed by atoms with E-state index in [1.165, 1.54) is 6.20 Å². The Labute approximate surface area is 125 Å². The number of nitrogens with zero attached hydrogens (tertiary/aromatic N) is 3. The smallest absolute Gasteiger partial charge is 0.393 e. The molecule has 0 amide bonds. The second kappa shape index (κ2) is 5.58. The second-order valence-electron chi connectivity index (χ2n) is 5.87. The molecule has 0 spiro atoms. The molecule has 3 rings (SSSR count). The number of alkyl halides is 3. The first-order valence-corrected chi connectivity index (χ1v) is 7.36. The Balaban J connectivity index is 1.98. The number of pyridine rings is 1. The first-order chi connectivity index (χ1) is 10.4. The number of anilines is 2. The van der Waals surface area contributed by atoms with Gasteiger partial charge in [-0.1, -0.05) is 0 Å². The van der Waals surface area contributed by atoms with E-state index >= 15 is 0 Å². The minimum Gasteiger partial charge on any atom is -0.733 e. The van der Waals surface area contributed by atoms with Crippen molar-refractivity contribution in [3.8, 4) is 0 Å². The monoisotopic (exact) mass is 316 g/mol. The molecule has 1 atom stereocenters. The van der Waals surface area contributed by atoms with Crippen LogP contribution in [0, 0.1) is 11.1 Å². The molecular formula is C14H17F3N3O2-. The Hall–Kier alpha value is -1.54. The fourth-order valence-electron chi connectivity index (χ4n) is 3.42. The number of aryl methyl sites for hydroxylation is 1. The maximum Gasteiger partial charge on any atom is 0.393 e. The molecule has 0 radical (unpaired) electrons. The molecule has 2 aliphatic rings.